The van der Waals surface area contributed by atoms with Gasteiger partial charge in [0.15, 0.2) is 0 Å². The molecule has 0 radical (unpaired) electrons. The SMILES string of the molecule is O=C(NCc1coc(-c2cccs2)n1)c1ccc([N+](=O)[O-])cc1Cl. The number of thiophene rings is 1. The third-order valence-electron chi connectivity index (χ3n) is 3.12. The highest BCUT2D eigenvalue weighted by Crippen LogP contribution is 2.24. The Balaban J connectivity index is 1.66. The molecule has 0 aliphatic rings. The number of carbonyl (C=O) groups excluding carboxylic acids is 1. The summed E-state index contributed by atoms with van der Waals surface area (Å²) >= 11 is 7.42. The first-order valence-corrected chi connectivity index (χ1v) is 8.01. The van der Waals surface area contributed by atoms with E-state index in [1.54, 1.807) is 0 Å². The van der Waals surface area contributed by atoms with Crippen molar-refractivity contribution < 1.29 is 14.1 Å². The average molecular weight is 364 g/mol. The molecule has 0 saturated heterocycles. The van der Waals surface area contributed by atoms with Gasteiger partial charge in [0.1, 0.15) is 6.26 Å². The zero-order valence-corrected chi connectivity index (χ0v) is 13.6. The van der Waals surface area contributed by atoms with E-state index in [1.807, 2.05) is 17.5 Å². The van der Waals surface area contributed by atoms with Crippen LogP contribution >= 0.6 is 22.9 Å². The van der Waals surface area contributed by atoms with Crippen molar-refractivity contribution in [2.75, 3.05) is 0 Å². The lowest BCUT2D eigenvalue weighted by atomic mass is 10.2. The molecule has 24 heavy (non-hydrogen) atoms. The maximum absolute atomic E-state index is 12.1. The van der Waals surface area contributed by atoms with E-state index in [2.05, 4.69) is 10.3 Å². The van der Waals surface area contributed by atoms with Crippen molar-refractivity contribution in [2.24, 2.45) is 0 Å². The quantitative estimate of drug-likeness (QED) is 0.547. The second kappa shape index (κ2) is 6.81. The summed E-state index contributed by atoms with van der Waals surface area (Å²) in [6.45, 7) is 0.154. The van der Waals surface area contributed by atoms with Gasteiger partial charge in [0, 0.05) is 12.1 Å². The van der Waals surface area contributed by atoms with Crippen molar-refractivity contribution in [3.63, 3.8) is 0 Å². The summed E-state index contributed by atoms with van der Waals surface area (Å²) in [5.74, 6) is 0.0400. The molecule has 1 N–H and O–H groups in total. The van der Waals surface area contributed by atoms with Crippen molar-refractivity contribution >= 4 is 34.5 Å². The van der Waals surface area contributed by atoms with E-state index < -0.39 is 10.8 Å². The van der Waals surface area contributed by atoms with Gasteiger partial charge >= 0.3 is 0 Å². The lowest BCUT2D eigenvalue weighted by Gasteiger charge is -2.05. The van der Waals surface area contributed by atoms with Crippen LogP contribution in [-0.4, -0.2) is 15.8 Å². The summed E-state index contributed by atoms with van der Waals surface area (Å²) in [5.41, 5.74) is 0.544. The monoisotopic (exact) mass is 363 g/mol. The molecular formula is C15H10ClN3O4S. The first-order chi connectivity index (χ1) is 11.5. The van der Waals surface area contributed by atoms with E-state index in [0.717, 1.165) is 10.9 Å². The predicted octanol–water partition coefficient (Wildman–Crippen LogP) is 3.89. The van der Waals surface area contributed by atoms with Crippen LogP contribution in [0.25, 0.3) is 10.8 Å². The van der Waals surface area contributed by atoms with Crippen LogP contribution in [0.4, 0.5) is 5.69 Å². The molecule has 0 spiro atoms. The fraction of sp³-hybridized carbons (Fsp3) is 0.0667. The highest BCUT2D eigenvalue weighted by Gasteiger charge is 2.15. The Kier molecular flexibility index (Phi) is 4.59. The van der Waals surface area contributed by atoms with E-state index in [0.29, 0.717) is 11.6 Å². The predicted molar refractivity (Wildman–Crippen MR) is 89.1 cm³/mol. The van der Waals surface area contributed by atoms with Gasteiger partial charge in [0.2, 0.25) is 5.89 Å². The van der Waals surface area contributed by atoms with E-state index in [9.17, 15) is 14.9 Å². The number of nitrogens with one attached hydrogen (secondary N) is 1. The van der Waals surface area contributed by atoms with E-state index in [4.69, 9.17) is 16.0 Å². The molecule has 7 nitrogen and oxygen atoms in total. The molecule has 2 aromatic heterocycles. The number of nitrogens with zero attached hydrogens (tertiary/aromatic N) is 2. The average Bonchev–Trinajstić information content (AvgIpc) is 3.23. The van der Waals surface area contributed by atoms with Crippen molar-refractivity contribution in [1.82, 2.24) is 10.3 Å². The molecule has 0 aliphatic carbocycles. The number of hydrogen-bond acceptors (Lipinski definition) is 6. The Labute approximate surface area is 145 Å². The third kappa shape index (κ3) is 3.44. The van der Waals surface area contributed by atoms with Gasteiger partial charge < -0.3 is 9.73 Å². The molecular weight excluding hydrogens is 354 g/mol. The lowest BCUT2D eigenvalue weighted by Crippen LogP contribution is -2.23. The molecule has 0 unspecified atom stereocenters. The van der Waals surface area contributed by atoms with Gasteiger partial charge in [0.25, 0.3) is 11.6 Å². The minimum absolute atomic E-state index is 0.0149. The van der Waals surface area contributed by atoms with Crippen molar-refractivity contribution in [3.05, 3.63) is 68.4 Å². The molecule has 3 aromatic rings. The number of rotatable bonds is 5. The minimum Gasteiger partial charge on any atom is -0.443 e. The summed E-state index contributed by atoms with van der Waals surface area (Å²) in [6.07, 6.45) is 1.47. The first kappa shape index (κ1) is 16.2. The fourth-order valence-electron chi connectivity index (χ4n) is 1.97. The second-order valence-electron chi connectivity index (χ2n) is 4.73. The number of nitro benzene ring substituents is 1. The highest BCUT2D eigenvalue weighted by atomic mass is 35.5. The summed E-state index contributed by atoms with van der Waals surface area (Å²) in [4.78, 5) is 27.4. The summed E-state index contributed by atoms with van der Waals surface area (Å²) in [7, 11) is 0. The van der Waals surface area contributed by atoms with Gasteiger partial charge in [-0.25, -0.2) is 4.98 Å². The van der Waals surface area contributed by atoms with Crippen LogP contribution in [0, 0.1) is 10.1 Å². The maximum Gasteiger partial charge on any atom is 0.270 e. The van der Waals surface area contributed by atoms with Gasteiger partial charge in [0.05, 0.1) is 32.6 Å². The molecule has 0 aliphatic heterocycles. The number of amides is 1. The van der Waals surface area contributed by atoms with Crippen LogP contribution < -0.4 is 5.32 Å². The lowest BCUT2D eigenvalue weighted by molar-refractivity contribution is -0.384. The van der Waals surface area contributed by atoms with Crippen molar-refractivity contribution in [2.45, 2.75) is 6.54 Å². The molecule has 2 heterocycles. The summed E-state index contributed by atoms with van der Waals surface area (Å²) in [6, 6.07) is 7.46. The summed E-state index contributed by atoms with van der Waals surface area (Å²) in [5, 5.41) is 15.3. The molecule has 3 rings (SSSR count). The van der Waals surface area contributed by atoms with Crippen molar-refractivity contribution in [1.29, 1.82) is 0 Å². The summed E-state index contributed by atoms with van der Waals surface area (Å²) < 4.78 is 5.36. The number of non-ortho nitro benzene ring substituents is 1. The second-order valence-corrected chi connectivity index (χ2v) is 6.08. The molecule has 0 bridgehead atoms. The largest absolute Gasteiger partial charge is 0.443 e. The molecule has 9 heteroatoms. The number of nitro groups is 1. The number of aromatic nitrogens is 1. The number of carbonyl (C=O) groups is 1. The Bertz CT molecular complexity index is 892. The van der Waals surface area contributed by atoms with Crippen LogP contribution in [0.15, 0.2) is 46.4 Å². The highest BCUT2D eigenvalue weighted by molar-refractivity contribution is 7.13. The van der Waals surface area contributed by atoms with Crippen LogP contribution in [0.5, 0.6) is 0 Å². The van der Waals surface area contributed by atoms with Gasteiger partial charge in [-0.1, -0.05) is 17.7 Å². The van der Waals surface area contributed by atoms with Crippen LogP contribution in [0.3, 0.4) is 0 Å². The number of hydrogen-bond donors (Lipinski definition) is 1. The Hall–Kier alpha value is -2.71. The van der Waals surface area contributed by atoms with Gasteiger partial charge in [-0.3, -0.25) is 14.9 Å². The van der Waals surface area contributed by atoms with Gasteiger partial charge in [-0.2, -0.15) is 0 Å². The number of benzene rings is 1. The van der Waals surface area contributed by atoms with Crippen molar-refractivity contribution in [3.8, 4) is 10.8 Å². The Morgan fingerprint density at radius 2 is 2.25 bits per heavy atom. The first-order valence-electron chi connectivity index (χ1n) is 6.75. The van der Waals surface area contributed by atoms with Crippen LogP contribution in [-0.2, 0) is 6.54 Å². The third-order valence-corrected chi connectivity index (χ3v) is 4.29. The zero-order valence-electron chi connectivity index (χ0n) is 12.1. The molecule has 0 fully saturated rings. The molecule has 1 aromatic carbocycles. The van der Waals surface area contributed by atoms with Crippen LogP contribution in [0.1, 0.15) is 16.1 Å². The normalized spacial score (nSPS) is 10.5. The molecule has 0 atom stereocenters. The minimum atomic E-state index is -0.574. The topological polar surface area (TPSA) is 98.3 Å². The zero-order chi connectivity index (χ0) is 17.1. The number of halogens is 1. The fourth-order valence-corrected chi connectivity index (χ4v) is 2.89. The van der Waals surface area contributed by atoms with Gasteiger partial charge in [-0.15, -0.1) is 11.3 Å². The maximum atomic E-state index is 12.1. The van der Waals surface area contributed by atoms with Crippen LogP contribution in [0.2, 0.25) is 5.02 Å². The van der Waals surface area contributed by atoms with E-state index in [1.165, 1.54) is 29.7 Å². The standard InChI is InChI=1S/C15H10ClN3O4S/c16-12-6-10(19(21)22)3-4-11(12)14(20)17-7-9-8-23-15(18-9)13-2-1-5-24-13/h1-6,8H,7H2,(H,17,20). The smallest absolute Gasteiger partial charge is 0.270 e. The molecule has 122 valence electrons. The molecule has 0 saturated carbocycles. The van der Waals surface area contributed by atoms with E-state index >= 15 is 0 Å². The molecule has 1 amide bonds. The number of oxazole rings is 1. The van der Waals surface area contributed by atoms with E-state index in [-0.39, 0.29) is 22.8 Å². The Morgan fingerprint density at radius 1 is 1.42 bits per heavy atom. The Morgan fingerprint density at radius 3 is 2.92 bits per heavy atom. The van der Waals surface area contributed by atoms with Gasteiger partial charge in [-0.05, 0) is 17.5 Å².